The summed E-state index contributed by atoms with van der Waals surface area (Å²) in [5, 5.41) is 0. The van der Waals surface area contributed by atoms with E-state index in [1.165, 1.54) is 0 Å². The molecular formula is C10H21B2O3P2S. The lowest BCUT2D eigenvalue weighted by Crippen LogP contribution is -2.49. The van der Waals surface area contributed by atoms with Gasteiger partial charge in [-0.15, -0.1) is 0 Å². The number of hydrogen-bond donors (Lipinski definition) is 0. The van der Waals surface area contributed by atoms with E-state index in [4.69, 9.17) is 23.6 Å². The van der Waals surface area contributed by atoms with Gasteiger partial charge < -0.3 is 13.4 Å². The van der Waals surface area contributed by atoms with E-state index in [1.807, 2.05) is 13.6 Å². The van der Waals surface area contributed by atoms with Crippen LogP contribution in [0.25, 0.3) is 0 Å². The molecule has 1 heterocycles. The van der Waals surface area contributed by atoms with Gasteiger partial charge in [-0.05, 0) is 34.8 Å². The smallest absolute Gasteiger partial charge is 0.148 e. The van der Waals surface area contributed by atoms with E-state index in [9.17, 15) is 0 Å². The van der Waals surface area contributed by atoms with Crippen molar-refractivity contribution in [2.24, 2.45) is 11.8 Å². The highest BCUT2D eigenvalue weighted by molar-refractivity contribution is 8.53. The van der Waals surface area contributed by atoms with E-state index in [1.54, 1.807) is 0 Å². The highest BCUT2D eigenvalue weighted by Crippen LogP contribution is 2.39. The quantitative estimate of drug-likeness (QED) is 0.410. The molecule has 1 saturated heterocycles. The third-order valence-electron chi connectivity index (χ3n) is 3.40. The van der Waals surface area contributed by atoms with Crippen LogP contribution in [0.2, 0.25) is 0 Å². The first kappa shape index (κ1) is 14.2. The van der Waals surface area contributed by atoms with Gasteiger partial charge in [0.05, 0.1) is 26.2 Å². The molecule has 8 heteroatoms. The molecular weight excluding hydrogens is 284 g/mol. The summed E-state index contributed by atoms with van der Waals surface area (Å²) in [5.74, 6) is 0.634. The molecule has 7 atom stereocenters. The van der Waals surface area contributed by atoms with Gasteiger partial charge in [-0.2, -0.15) is 0 Å². The van der Waals surface area contributed by atoms with Gasteiger partial charge in [-0.25, -0.2) is 0 Å². The van der Waals surface area contributed by atoms with Gasteiger partial charge in [0.25, 0.3) is 0 Å². The second-order valence-electron chi connectivity index (χ2n) is 4.68. The molecule has 1 aliphatic rings. The predicted molar refractivity (Wildman–Crippen MR) is 85.1 cm³/mol. The average molecular weight is 308 g/mol. The Hall–Kier alpha value is 1.22. The highest BCUT2D eigenvalue weighted by atomic mass is 32.7. The largest absolute Gasteiger partial charge is 0.370 e. The minimum Gasteiger partial charge on any atom is -0.370 e. The van der Waals surface area contributed by atoms with Crippen molar-refractivity contribution in [3.63, 3.8) is 0 Å². The van der Waals surface area contributed by atoms with E-state index in [0.717, 1.165) is 19.2 Å². The topological polar surface area (TPSA) is 27.7 Å². The van der Waals surface area contributed by atoms with Crippen LogP contribution in [-0.2, 0) is 13.4 Å². The lowest BCUT2D eigenvalue weighted by atomic mass is 9.82. The number of hydrogen-bond acceptors (Lipinski definition) is 4. The van der Waals surface area contributed by atoms with Crippen molar-refractivity contribution in [2.75, 3.05) is 13.3 Å². The average Bonchev–Trinajstić information content (AvgIpc) is 2.39. The summed E-state index contributed by atoms with van der Waals surface area (Å²) in [5.41, 5.74) is 0. The molecule has 1 rings (SSSR count). The first-order chi connectivity index (χ1) is 9.36. The van der Waals surface area contributed by atoms with E-state index in [-0.39, 0.29) is 18.3 Å². The van der Waals surface area contributed by atoms with Crippen molar-refractivity contribution in [1.82, 2.24) is 0 Å². The molecule has 0 saturated carbocycles. The Morgan fingerprint density at radius 1 is 1.61 bits per heavy atom. The molecule has 18 heavy (non-hydrogen) atoms. The van der Waals surface area contributed by atoms with Crippen molar-refractivity contribution in [3.8, 4) is 0 Å². The van der Waals surface area contributed by atoms with Crippen molar-refractivity contribution in [1.29, 1.82) is 2.61 Å². The predicted octanol–water partition coefficient (Wildman–Crippen LogP) is 2.62. The molecule has 4 unspecified atom stereocenters. The minimum absolute atomic E-state index is 0.0117. The summed E-state index contributed by atoms with van der Waals surface area (Å²) in [4.78, 5) is 0. The second kappa shape index (κ2) is 8.49. The van der Waals surface area contributed by atoms with Gasteiger partial charge >= 0.3 is 0 Å². The first-order valence-corrected chi connectivity index (χ1v) is 10.1. The normalized spacial score (nSPS) is 41.7. The van der Waals surface area contributed by atoms with E-state index in [2.05, 4.69) is 13.8 Å². The zero-order chi connectivity index (χ0) is 15.3. The minimum atomic E-state index is -1.27. The lowest BCUT2D eigenvalue weighted by molar-refractivity contribution is -0.157. The zero-order valence-electron chi connectivity index (χ0n) is 13.3. The van der Waals surface area contributed by atoms with E-state index < -0.39 is 15.6 Å². The molecule has 101 valence electrons. The molecule has 3 radical (unpaired) electrons. The maximum absolute atomic E-state index is 7.46. The molecule has 1 fully saturated rings. The summed E-state index contributed by atoms with van der Waals surface area (Å²) < 4.78 is 31.7. The SMILES string of the molecule is [2H]P([B][3H])SOCC1O[C@@H](C)C(OP([B])C)[C@@H](C)[C@@H]1C. The molecule has 0 aromatic rings. The van der Waals surface area contributed by atoms with Crippen LogP contribution in [0.5, 0.6) is 0 Å². The van der Waals surface area contributed by atoms with Crippen molar-refractivity contribution in [3.05, 3.63) is 0 Å². The van der Waals surface area contributed by atoms with Crippen LogP contribution in [0.15, 0.2) is 0 Å². The maximum Gasteiger partial charge on any atom is 0.148 e. The van der Waals surface area contributed by atoms with Gasteiger partial charge in [0.1, 0.15) is 15.1 Å². The summed E-state index contributed by atoms with van der Waals surface area (Å²) in [6, 6.07) is 0. The summed E-state index contributed by atoms with van der Waals surface area (Å²) >= 11 is 1.05. The molecule has 0 aromatic heterocycles. The molecule has 0 aromatic carbocycles. The fourth-order valence-corrected chi connectivity index (χ4v) is 3.60. The van der Waals surface area contributed by atoms with Crippen LogP contribution in [0.4, 0.5) is 0 Å². The van der Waals surface area contributed by atoms with Gasteiger partial charge in [0.2, 0.25) is 0 Å². The van der Waals surface area contributed by atoms with Crippen LogP contribution in [0.3, 0.4) is 0 Å². The lowest BCUT2D eigenvalue weighted by Gasteiger charge is -2.44. The standard InChI is InChI=1S/C10H21B2O3P2S/c1-6-7(2)10(15-17(4)12)8(3)14-9(6)5-13-18-16-11/h6-11,16H,5H2,1-4H3/t6-,7-,8-,9?,10?,16?,17?/m0/s1/i11T,16D. The Morgan fingerprint density at radius 3 is 2.94 bits per heavy atom. The molecule has 3 nitrogen and oxygen atoms in total. The highest BCUT2D eigenvalue weighted by Gasteiger charge is 2.40. The second-order valence-corrected chi connectivity index (χ2v) is 7.66. The van der Waals surface area contributed by atoms with E-state index >= 15 is 0 Å². The molecule has 0 aliphatic carbocycles. The number of ether oxygens (including phenoxy) is 1. The van der Waals surface area contributed by atoms with Gasteiger partial charge in [0.15, 0.2) is 0 Å². The van der Waals surface area contributed by atoms with E-state index in [0.29, 0.717) is 18.4 Å². The molecule has 0 bridgehead atoms. The molecule has 0 N–H and O–H groups in total. The third kappa shape index (κ3) is 4.96. The molecule has 0 amide bonds. The Kier molecular flexibility index (Phi) is 6.69. The van der Waals surface area contributed by atoms with Crippen LogP contribution >= 0.6 is 27.3 Å². The molecule has 1 aliphatic heterocycles. The van der Waals surface area contributed by atoms with Crippen LogP contribution in [0, 0.1) is 11.8 Å². The Labute approximate surface area is 123 Å². The van der Waals surface area contributed by atoms with Crippen LogP contribution in [0.1, 0.15) is 20.8 Å². The van der Waals surface area contributed by atoms with Gasteiger partial charge in [-0.3, -0.25) is 0 Å². The Bertz CT molecular complexity index is 297. The van der Waals surface area contributed by atoms with Crippen molar-refractivity contribution < 1.29 is 13.4 Å². The third-order valence-corrected chi connectivity index (χ3v) is 4.88. The maximum atomic E-state index is 7.46. The van der Waals surface area contributed by atoms with Gasteiger partial charge in [-0.1, -0.05) is 21.5 Å². The summed E-state index contributed by atoms with van der Waals surface area (Å²) in [7, 11) is 4.71. The molecule has 0 spiro atoms. The van der Waals surface area contributed by atoms with Gasteiger partial charge in [0, 0.05) is 11.7 Å². The first-order valence-electron chi connectivity index (χ1n) is 6.99. The van der Waals surface area contributed by atoms with Crippen molar-refractivity contribution in [2.45, 2.75) is 39.1 Å². The van der Waals surface area contributed by atoms with Crippen molar-refractivity contribution >= 4 is 42.4 Å². The van der Waals surface area contributed by atoms with Crippen LogP contribution < -0.4 is 0 Å². The Balaban J connectivity index is 2.48. The number of rotatable bonds is 7. The monoisotopic (exact) mass is 308 g/mol. The fraction of sp³-hybridized carbons (Fsp3) is 1.00. The van der Waals surface area contributed by atoms with Crippen LogP contribution in [-0.4, -0.2) is 49.3 Å². The Morgan fingerprint density at radius 2 is 2.33 bits per heavy atom. The summed E-state index contributed by atoms with van der Waals surface area (Å²) in [6.07, 6.45) is -0.0132. The summed E-state index contributed by atoms with van der Waals surface area (Å²) in [6.45, 7) is 8.60. The zero-order valence-corrected chi connectivity index (χ0v) is 13.9. The fourth-order valence-electron chi connectivity index (χ4n) is 2.24.